The maximum Gasteiger partial charge on any atom is 0.226 e. The lowest BCUT2D eigenvalue weighted by Gasteiger charge is -2.28. The zero-order valence-electron chi connectivity index (χ0n) is 10.8. The Kier molecular flexibility index (Phi) is 3.78. The van der Waals surface area contributed by atoms with Gasteiger partial charge in [0.15, 0.2) is 0 Å². The Bertz CT molecular complexity index is 360. The van der Waals surface area contributed by atoms with Gasteiger partial charge in [-0.2, -0.15) is 4.98 Å². The molecule has 17 heavy (non-hydrogen) atoms. The Morgan fingerprint density at radius 2 is 2.29 bits per heavy atom. The van der Waals surface area contributed by atoms with Crippen molar-refractivity contribution in [1.29, 1.82) is 0 Å². The van der Waals surface area contributed by atoms with Crippen LogP contribution in [-0.4, -0.2) is 49.7 Å². The molecule has 1 N–H and O–H groups in total. The SMILES string of the molecule is CCN(c1ccnc(N(C)C)n1)C1CCNC1. The van der Waals surface area contributed by atoms with Crippen molar-refractivity contribution in [3.05, 3.63) is 12.3 Å². The molecular formula is C12H21N5. The molecule has 2 heterocycles. The summed E-state index contributed by atoms with van der Waals surface area (Å²) in [5.74, 6) is 1.80. The summed E-state index contributed by atoms with van der Waals surface area (Å²) in [5, 5.41) is 3.40. The van der Waals surface area contributed by atoms with Gasteiger partial charge in [-0.3, -0.25) is 0 Å². The van der Waals surface area contributed by atoms with Gasteiger partial charge in [0.05, 0.1) is 0 Å². The van der Waals surface area contributed by atoms with Crippen molar-refractivity contribution in [3.8, 4) is 0 Å². The van der Waals surface area contributed by atoms with Gasteiger partial charge >= 0.3 is 0 Å². The summed E-state index contributed by atoms with van der Waals surface area (Å²) in [6.07, 6.45) is 3.03. The predicted molar refractivity (Wildman–Crippen MR) is 70.7 cm³/mol. The normalized spacial score (nSPS) is 19.4. The number of likely N-dealkylation sites (N-methyl/N-ethyl adjacent to an activating group) is 1. The molecule has 1 aromatic rings. The highest BCUT2D eigenvalue weighted by atomic mass is 15.3. The molecule has 94 valence electrons. The number of aromatic nitrogens is 2. The lowest BCUT2D eigenvalue weighted by atomic mass is 10.2. The van der Waals surface area contributed by atoms with Crippen LogP contribution in [0.5, 0.6) is 0 Å². The minimum absolute atomic E-state index is 0.560. The van der Waals surface area contributed by atoms with E-state index in [2.05, 4.69) is 27.1 Å². The van der Waals surface area contributed by atoms with Gasteiger partial charge in [-0.1, -0.05) is 0 Å². The highest BCUT2D eigenvalue weighted by Crippen LogP contribution is 2.18. The van der Waals surface area contributed by atoms with Crippen molar-refractivity contribution in [2.24, 2.45) is 0 Å². The molecule has 5 heteroatoms. The van der Waals surface area contributed by atoms with Gasteiger partial charge in [-0.25, -0.2) is 4.98 Å². The van der Waals surface area contributed by atoms with Crippen molar-refractivity contribution in [2.45, 2.75) is 19.4 Å². The molecule has 0 saturated carbocycles. The number of nitrogens with zero attached hydrogens (tertiary/aromatic N) is 4. The Morgan fingerprint density at radius 1 is 1.47 bits per heavy atom. The lowest BCUT2D eigenvalue weighted by molar-refractivity contribution is 0.639. The molecule has 0 amide bonds. The number of hydrogen-bond donors (Lipinski definition) is 1. The largest absolute Gasteiger partial charge is 0.352 e. The number of anilines is 2. The van der Waals surface area contributed by atoms with Gasteiger partial charge in [-0.15, -0.1) is 0 Å². The first kappa shape index (κ1) is 12.1. The molecule has 0 bridgehead atoms. The van der Waals surface area contributed by atoms with Crippen LogP contribution in [0.1, 0.15) is 13.3 Å². The van der Waals surface area contributed by atoms with E-state index in [0.717, 1.165) is 31.4 Å². The fourth-order valence-corrected chi connectivity index (χ4v) is 2.23. The van der Waals surface area contributed by atoms with Gasteiger partial charge in [0.2, 0.25) is 5.95 Å². The van der Waals surface area contributed by atoms with Crippen LogP contribution in [0.2, 0.25) is 0 Å². The molecule has 0 aliphatic carbocycles. The van der Waals surface area contributed by atoms with E-state index in [1.807, 2.05) is 31.3 Å². The topological polar surface area (TPSA) is 44.3 Å². The maximum absolute atomic E-state index is 4.60. The molecule has 1 unspecified atom stereocenters. The fourth-order valence-electron chi connectivity index (χ4n) is 2.23. The van der Waals surface area contributed by atoms with Gasteiger partial charge in [0.1, 0.15) is 5.82 Å². The second-order valence-electron chi connectivity index (χ2n) is 4.54. The smallest absolute Gasteiger partial charge is 0.226 e. The number of nitrogens with one attached hydrogen (secondary N) is 1. The van der Waals surface area contributed by atoms with E-state index >= 15 is 0 Å². The van der Waals surface area contributed by atoms with Crippen molar-refractivity contribution in [1.82, 2.24) is 15.3 Å². The van der Waals surface area contributed by atoms with Gasteiger partial charge in [-0.05, 0) is 26.0 Å². The fraction of sp³-hybridized carbons (Fsp3) is 0.667. The van der Waals surface area contributed by atoms with Crippen molar-refractivity contribution < 1.29 is 0 Å². The highest BCUT2D eigenvalue weighted by Gasteiger charge is 2.22. The van der Waals surface area contributed by atoms with E-state index in [9.17, 15) is 0 Å². The summed E-state index contributed by atoms with van der Waals surface area (Å²) in [6.45, 7) is 5.31. The molecular weight excluding hydrogens is 214 g/mol. The average Bonchev–Trinajstić information content (AvgIpc) is 2.84. The van der Waals surface area contributed by atoms with Gasteiger partial charge in [0, 0.05) is 39.4 Å². The van der Waals surface area contributed by atoms with E-state index in [-0.39, 0.29) is 0 Å². The van der Waals surface area contributed by atoms with E-state index < -0.39 is 0 Å². The van der Waals surface area contributed by atoms with Crippen LogP contribution in [0.4, 0.5) is 11.8 Å². The van der Waals surface area contributed by atoms with Crippen LogP contribution < -0.4 is 15.1 Å². The van der Waals surface area contributed by atoms with Crippen LogP contribution in [0.25, 0.3) is 0 Å². The molecule has 1 aliphatic heterocycles. The zero-order valence-corrected chi connectivity index (χ0v) is 10.8. The van der Waals surface area contributed by atoms with E-state index in [1.54, 1.807) is 0 Å². The minimum atomic E-state index is 0.560. The second kappa shape index (κ2) is 5.31. The monoisotopic (exact) mass is 235 g/mol. The molecule has 2 rings (SSSR count). The maximum atomic E-state index is 4.60. The standard InChI is InChI=1S/C12H21N5/c1-4-17(10-5-7-13-9-10)11-6-8-14-12(15-11)16(2)3/h6,8,10,13H,4-5,7,9H2,1-3H3. The first-order valence-corrected chi connectivity index (χ1v) is 6.20. The summed E-state index contributed by atoms with van der Waals surface area (Å²) in [7, 11) is 3.93. The third-order valence-corrected chi connectivity index (χ3v) is 3.14. The van der Waals surface area contributed by atoms with E-state index in [0.29, 0.717) is 6.04 Å². The first-order valence-electron chi connectivity index (χ1n) is 6.20. The minimum Gasteiger partial charge on any atom is -0.352 e. The zero-order chi connectivity index (χ0) is 12.3. The number of hydrogen-bond acceptors (Lipinski definition) is 5. The molecule has 5 nitrogen and oxygen atoms in total. The molecule has 1 aliphatic rings. The first-order chi connectivity index (χ1) is 8.22. The summed E-state index contributed by atoms with van der Waals surface area (Å²) in [4.78, 5) is 13.1. The highest BCUT2D eigenvalue weighted by molar-refractivity contribution is 5.44. The third-order valence-electron chi connectivity index (χ3n) is 3.14. The summed E-state index contributed by atoms with van der Waals surface area (Å²) in [5.41, 5.74) is 0. The summed E-state index contributed by atoms with van der Waals surface area (Å²) < 4.78 is 0. The van der Waals surface area contributed by atoms with Crippen molar-refractivity contribution in [2.75, 3.05) is 43.5 Å². The molecule has 1 fully saturated rings. The summed E-state index contributed by atoms with van der Waals surface area (Å²) in [6, 6.07) is 2.55. The molecule has 1 aromatic heterocycles. The van der Waals surface area contributed by atoms with Crippen LogP contribution >= 0.6 is 0 Å². The summed E-state index contributed by atoms with van der Waals surface area (Å²) >= 11 is 0. The lowest BCUT2D eigenvalue weighted by Crippen LogP contribution is -2.37. The van der Waals surface area contributed by atoms with E-state index in [4.69, 9.17) is 0 Å². The molecule has 0 spiro atoms. The van der Waals surface area contributed by atoms with Crippen LogP contribution in [0, 0.1) is 0 Å². The second-order valence-corrected chi connectivity index (χ2v) is 4.54. The Morgan fingerprint density at radius 3 is 2.88 bits per heavy atom. The van der Waals surface area contributed by atoms with Gasteiger partial charge < -0.3 is 15.1 Å². The Hall–Kier alpha value is -1.36. The molecule has 0 aromatic carbocycles. The molecule has 1 atom stereocenters. The van der Waals surface area contributed by atoms with Crippen molar-refractivity contribution in [3.63, 3.8) is 0 Å². The quantitative estimate of drug-likeness (QED) is 0.833. The van der Waals surface area contributed by atoms with Crippen molar-refractivity contribution >= 4 is 11.8 Å². The number of rotatable bonds is 4. The Labute approximate surface area is 103 Å². The van der Waals surface area contributed by atoms with Crippen LogP contribution in [-0.2, 0) is 0 Å². The van der Waals surface area contributed by atoms with Gasteiger partial charge in [0.25, 0.3) is 0 Å². The van der Waals surface area contributed by atoms with E-state index in [1.165, 1.54) is 6.42 Å². The van der Waals surface area contributed by atoms with Crippen LogP contribution in [0.3, 0.4) is 0 Å². The Balaban J connectivity index is 2.20. The molecule has 0 radical (unpaired) electrons. The third kappa shape index (κ3) is 2.66. The molecule has 1 saturated heterocycles. The average molecular weight is 235 g/mol. The predicted octanol–water partition coefficient (Wildman–Crippen LogP) is 0.731. The van der Waals surface area contributed by atoms with Crippen LogP contribution in [0.15, 0.2) is 12.3 Å².